The van der Waals surface area contributed by atoms with E-state index in [0.717, 1.165) is 19.0 Å². The number of hydrogen-bond donors (Lipinski definition) is 1. The van der Waals surface area contributed by atoms with Crippen molar-refractivity contribution in [2.24, 2.45) is 10.3 Å². The first-order valence-corrected chi connectivity index (χ1v) is 12.4. The summed E-state index contributed by atoms with van der Waals surface area (Å²) in [6.45, 7) is 5.25. The van der Waals surface area contributed by atoms with E-state index in [9.17, 15) is 13.2 Å². The first kappa shape index (κ1) is 20.3. The van der Waals surface area contributed by atoms with Gasteiger partial charge in [0.05, 0.1) is 17.4 Å². The van der Waals surface area contributed by atoms with Crippen LogP contribution < -0.4 is 5.32 Å². The molecule has 0 spiro atoms. The average Bonchev–Trinajstić information content (AvgIpc) is 3.23. The van der Waals surface area contributed by atoms with Crippen molar-refractivity contribution in [3.8, 4) is 0 Å². The third kappa shape index (κ3) is 4.79. The second-order valence-corrected chi connectivity index (χ2v) is 10.5. The SMILES string of the molecule is CC1CCN([C@H](CNC(=O)C2=CN3CCS(=O)(=O)N=C3C=C2)c2cccs2)CC1. The van der Waals surface area contributed by atoms with Gasteiger partial charge in [-0.05, 0) is 55.4 Å². The van der Waals surface area contributed by atoms with Crippen molar-refractivity contribution < 1.29 is 13.2 Å². The van der Waals surface area contributed by atoms with E-state index in [4.69, 9.17) is 0 Å². The number of carbonyl (C=O) groups excluding carboxylic acids is 1. The minimum absolute atomic E-state index is 0.0381. The summed E-state index contributed by atoms with van der Waals surface area (Å²) in [7, 11) is -3.39. The molecule has 9 heteroatoms. The highest BCUT2D eigenvalue weighted by Gasteiger charge is 2.28. The Morgan fingerprint density at radius 1 is 1.31 bits per heavy atom. The van der Waals surface area contributed by atoms with Crippen LogP contribution in [0.25, 0.3) is 0 Å². The molecule has 0 unspecified atom stereocenters. The Balaban J connectivity index is 1.42. The van der Waals surface area contributed by atoms with E-state index in [-0.39, 0.29) is 17.7 Å². The molecule has 0 bridgehead atoms. The van der Waals surface area contributed by atoms with Gasteiger partial charge in [0.25, 0.3) is 15.9 Å². The van der Waals surface area contributed by atoms with Gasteiger partial charge in [-0.25, -0.2) is 8.42 Å². The molecule has 0 saturated carbocycles. The topological polar surface area (TPSA) is 82.1 Å². The quantitative estimate of drug-likeness (QED) is 0.768. The van der Waals surface area contributed by atoms with Gasteiger partial charge in [-0.3, -0.25) is 9.69 Å². The van der Waals surface area contributed by atoms with Gasteiger partial charge < -0.3 is 10.2 Å². The standard InChI is InChI=1S/C20H26N4O3S2/c1-15-6-8-23(9-7-15)17(18-3-2-11-28-18)13-21-20(25)16-4-5-19-22-29(26,27)12-10-24(19)14-16/h2-5,11,14-15,17H,6-10,12-13H2,1H3,(H,21,25)/t17-/m1/s1. The predicted molar refractivity (Wildman–Crippen MR) is 115 cm³/mol. The Morgan fingerprint density at radius 2 is 2.10 bits per heavy atom. The number of sulfonamides is 1. The van der Waals surface area contributed by atoms with Gasteiger partial charge in [0.1, 0.15) is 5.84 Å². The largest absolute Gasteiger partial charge is 0.350 e. The van der Waals surface area contributed by atoms with Crippen LogP contribution in [0.15, 0.2) is 45.8 Å². The smallest absolute Gasteiger partial charge is 0.256 e. The Labute approximate surface area is 175 Å². The normalized spacial score (nSPS) is 23.1. The zero-order valence-corrected chi connectivity index (χ0v) is 18.1. The number of fused-ring (bicyclic) bond motifs is 1. The number of carbonyl (C=O) groups is 1. The highest BCUT2D eigenvalue weighted by Crippen LogP contribution is 2.29. The summed E-state index contributed by atoms with van der Waals surface area (Å²) >= 11 is 1.72. The number of rotatable bonds is 5. The molecule has 3 aliphatic rings. The summed E-state index contributed by atoms with van der Waals surface area (Å²) in [5, 5.41) is 5.16. The van der Waals surface area contributed by atoms with Crippen LogP contribution in [-0.4, -0.2) is 61.9 Å². The Hall–Kier alpha value is -1.97. The van der Waals surface area contributed by atoms with Crippen LogP contribution in [0.2, 0.25) is 0 Å². The minimum atomic E-state index is -3.39. The molecule has 1 amide bonds. The number of thiophene rings is 1. The molecule has 0 radical (unpaired) electrons. The number of piperidine rings is 1. The maximum atomic E-state index is 12.8. The van der Waals surface area contributed by atoms with Gasteiger partial charge in [-0.2, -0.15) is 0 Å². The van der Waals surface area contributed by atoms with Crippen LogP contribution in [0.3, 0.4) is 0 Å². The van der Waals surface area contributed by atoms with Crippen LogP contribution in [0.5, 0.6) is 0 Å². The van der Waals surface area contributed by atoms with Gasteiger partial charge >= 0.3 is 0 Å². The van der Waals surface area contributed by atoms with Gasteiger partial charge in [0.2, 0.25) is 0 Å². The molecule has 4 heterocycles. The second-order valence-electron chi connectivity index (χ2n) is 7.81. The molecule has 0 aliphatic carbocycles. The zero-order chi connectivity index (χ0) is 20.4. The van der Waals surface area contributed by atoms with E-state index in [1.807, 2.05) is 0 Å². The monoisotopic (exact) mass is 434 g/mol. The lowest BCUT2D eigenvalue weighted by atomic mass is 9.97. The predicted octanol–water partition coefficient (Wildman–Crippen LogP) is 2.13. The molecule has 1 aromatic heterocycles. The third-order valence-electron chi connectivity index (χ3n) is 5.67. The first-order chi connectivity index (χ1) is 13.9. The van der Waals surface area contributed by atoms with Crippen molar-refractivity contribution in [3.63, 3.8) is 0 Å². The van der Waals surface area contributed by atoms with Crippen molar-refractivity contribution in [1.29, 1.82) is 0 Å². The number of amides is 1. The maximum absolute atomic E-state index is 12.8. The number of nitrogens with zero attached hydrogens (tertiary/aromatic N) is 3. The molecule has 1 aromatic rings. The molecule has 1 fully saturated rings. The number of nitrogens with one attached hydrogen (secondary N) is 1. The van der Waals surface area contributed by atoms with E-state index < -0.39 is 10.0 Å². The maximum Gasteiger partial charge on any atom is 0.256 e. The number of amidine groups is 1. The summed E-state index contributed by atoms with van der Waals surface area (Å²) < 4.78 is 27.0. The van der Waals surface area contributed by atoms with Gasteiger partial charge in [-0.15, -0.1) is 15.7 Å². The van der Waals surface area contributed by atoms with Crippen LogP contribution >= 0.6 is 11.3 Å². The van der Waals surface area contributed by atoms with E-state index in [0.29, 0.717) is 24.5 Å². The number of hydrogen-bond acceptors (Lipinski definition) is 6. The lowest BCUT2D eigenvalue weighted by Gasteiger charge is -2.36. The van der Waals surface area contributed by atoms with Crippen molar-refractivity contribution in [2.45, 2.75) is 25.8 Å². The second kappa shape index (κ2) is 8.41. The average molecular weight is 435 g/mol. The Bertz CT molecular complexity index is 942. The van der Waals surface area contributed by atoms with E-state index in [1.54, 1.807) is 34.6 Å². The first-order valence-electron chi connectivity index (χ1n) is 9.96. The van der Waals surface area contributed by atoms with Crippen molar-refractivity contribution in [1.82, 2.24) is 15.1 Å². The Morgan fingerprint density at radius 3 is 2.83 bits per heavy atom. The molecule has 4 rings (SSSR count). The summed E-state index contributed by atoms with van der Waals surface area (Å²) in [6.07, 6.45) is 7.28. The lowest BCUT2D eigenvalue weighted by molar-refractivity contribution is -0.117. The highest BCUT2D eigenvalue weighted by atomic mass is 32.2. The fourth-order valence-electron chi connectivity index (χ4n) is 3.86. The van der Waals surface area contributed by atoms with E-state index in [1.165, 1.54) is 17.7 Å². The van der Waals surface area contributed by atoms with Crippen LogP contribution in [0.4, 0.5) is 0 Å². The fraction of sp³-hybridized carbons (Fsp3) is 0.500. The summed E-state index contributed by atoms with van der Waals surface area (Å²) in [5.41, 5.74) is 0.514. The van der Waals surface area contributed by atoms with Crippen LogP contribution in [0, 0.1) is 5.92 Å². The summed E-state index contributed by atoms with van der Waals surface area (Å²) in [5.74, 6) is 0.933. The summed E-state index contributed by atoms with van der Waals surface area (Å²) in [6, 6.07) is 4.37. The fourth-order valence-corrected chi connectivity index (χ4v) is 5.69. The van der Waals surface area contributed by atoms with E-state index >= 15 is 0 Å². The molecule has 156 valence electrons. The minimum Gasteiger partial charge on any atom is -0.350 e. The van der Waals surface area contributed by atoms with E-state index in [2.05, 4.69) is 39.1 Å². The summed E-state index contributed by atoms with van der Waals surface area (Å²) in [4.78, 5) is 18.2. The third-order valence-corrected chi connectivity index (χ3v) is 7.81. The zero-order valence-electron chi connectivity index (χ0n) is 16.5. The lowest BCUT2D eigenvalue weighted by Crippen LogP contribution is -2.42. The molecular weight excluding hydrogens is 408 g/mol. The molecule has 3 aliphatic heterocycles. The Kier molecular flexibility index (Phi) is 5.89. The van der Waals surface area contributed by atoms with Crippen molar-refractivity contribution >= 4 is 33.1 Å². The van der Waals surface area contributed by atoms with Gasteiger partial charge in [0.15, 0.2) is 0 Å². The molecule has 7 nitrogen and oxygen atoms in total. The van der Waals surface area contributed by atoms with Gasteiger partial charge in [0, 0.05) is 24.2 Å². The molecular formula is C20H26N4O3S2. The van der Waals surface area contributed by atoms with Crippen LogP contribution in [-0.2, 0) is 14.8 Å². The van der Waals surface area contributed by atoms with Gasteiger partial charge in [-0.1, -0.05) is 13.0 Å². The number of likely N-dealkylation sites (tertiary alicyclic amines) is 1. The van der Waals surface area contributed by atoms with Crippen LogP contribution in [0.1, 0.15) is 30.7 Å². The molecule has 1 N–H and O–H groups in total. The highest BCUT2D eigenvalue weighted by molar-refractivity contribution is 7.90. The molecule has 29 heavy (non-hydrogen) atoms. The van der Waals surface area contributed by atoms with Crippen molar-refractivity contribution in [2.75, 3.05) is 31.9 Å². The molecule has 1 saturated heterocycles. The molecule has 1 atom stereocenters. The van der Waals surface area contributed by atoms with Crippen molar-refractivity contribution in [3.05, 3.63) is 46.3 Å². The molecule has 0 aromatic carbocycles.